The van der Waals surface area contributed by atoms with Crippen molar-refractivity contribution in [1.82, 2.24) is 0 Å². The predicted molar refractivity (Wildman–Crippen MR) is 61.1 cm³/mol. The molecule has 0 radical (unpaired) electrons. The summed E-state index contributed by atoms with van der Waals surface area (Å²) in [5.41, 5.74) is 0. The molecule has 0 aromatic carbocycles. The van der Waals surface area contributed by atoms with Crippen LogP contribution in [0.1, 0.15) is 33.1 Å². The normalized spacial score (nSPS) is 29.9. The highest BCUT2D eigenvalue weighted by molar-refractivity contribution is 5.95. The second-order valence-electron chi connectivity index (χ2n) is 4.97. The molecule has 2 saturated carbocycles. The number of rotatable bonds is 5. The Hall–Kier alpha value is -1.06. The molecule has 2 fully saturated rings. The molecule has 2 rings (SSSR count). The van der Waals surface area contributed by atoms with Crippen molar-refractivity contribution in [3.63, 3.8) is 0 Å². The largest absolute Gasteiger partial charge is 0.465 e. The first kappa shape index (κ1) is 12.4. The lowest BCUT2D eigenvalue weighted by Gasteiger charge is -2.21. The van der Waals surface area contributed by atoms with Crippen LogP contribution in [0.5, 0.6) is 0 Å². The van der Waals surface area contributed by atoms with Crippen LogP contribution in [-0.2, 0) is 19.1 Å². The van der Waals surface area contributed by atoms with Gasteiger partial charge in [-0.1, -0.05) is 0 Å². The molecule has 0 bridgehead atoms. The van der Waals surface area contributed by atoms with Crippen molar-refractivity contribution in [2.75, 3.05) is 13.2 Å². The Kier molecular flexibility index (Phi) is 3.69. The molecule has 2 aliphatic carbocycles. The minimum absolute atomic E-state index is 0.136. The van der Waals surface area contributed by atoms with E-state index in [1.807, 2.05) is 0 Å². The molecule has 0 aromatic heterocycles. The molecular weight excluding hydrogens is 220 g/mol. The van der Waals surface area contributed by atoms with Crippen LogP contribution in [0.4, 0.5) is 0 Å². The third-order valence-electron chi connectivity index (χ3n) is 3.83. The van der Waals surface area contributed by atoms with Crippen LogP contribution in [0, 0.1) is 23.7 Å². The van der Waals surface area contributed by atoms with Crippen molar-refractivity contribution < 1.29 is 19.1 Å². The SMILES string of the molecule is CCOC(=O)C(C(=O)OCC)[C@H]1C[C@@H]2C[C@@H]2C1. The number of carbonyl (C=O) groups excluding carboxylic acids is 2. The zero-order valence-electron chi connectivity index (χ0n) is 10.5. The minimum atomic E-state index is -0.692. The average molecular weight is 240 g/mol. The van der Waals surface area contributed by atoms with Gasteiger partial charge in [-0.25, -0.2) is 0 Å². The maximum absolute atomic E-state index is 11.8. The Morgan fingerprint density at radius 2 is 1.47 bits per heavy atom. The Labute approximate surface area is 102 Å². The predicted octanol–water partition coefficient (Wildman–Crippen LogP) is 1.77. The average Bonchev–Trinajstić information content (AvgIpc) is 2.87. The molecule has 0 spiro atoms. The number of hydrogen-bond donors (Lipinski definition) is 0. The van der Waals surface area contributed by atoms with E-state index in [0.717, 1.165) is 24.7 Å². The summed E-state index contributed by atoms with van der Waals surface area (Å²) in [4.78, 5) is 23.7. The van der Waals surface area contributed by atoms with Crippen LogP contribution < -0.4 is 0 Å². The Morgan fingerprint density at radius 3 is 1.88 bits per heavy atom. The highest BCUT2D eigenvalue weighted by Crippen LogP contribution is 2.56. The zero-order valence-corrected chi connectivity index (χ0v) is 10.5. The van der Waals surface area contributed by atoms with Crippen molar-refractivity contribution >= 4 is 11.9 Å². The maximum atomic E-state index is 11.8. The van der Waals surface area contributed by atoms with Gasteiger partial charge in [0, 0.05) is 0 Å². The number of carbonyl (C=O) groups is 2. The highest BCUT2D eigenvalue weighted by Gasteiger charge is 2.51. The summed E-state index contributed by atoms with van der Waals surface area (Å²) < 4.78 is 9.99. The lowest BCUT2D eigenvalue weighted by Crippen LogP contribution is -2.34. The first-order valence-electron chi connectivity index (χ1n) is 6.50. The number of esters is 2. The Morgan fingerprint density at radius 1 is 1.00 bits per heavy atom. The van der Waals surface area contributed by atoms with Crippen LogP contribution >= 0.6 is 0 Å². The summed E-state index contributed by atoms with van der Waals surface area (Å²) in [6.45, 7) is 4.14. The van der Waals surface area contributed by atoms with Crippen molar-refractivity contribution in [1.29, 1.82) is 0 Å². The Bertz CT molecular complexity index is 285. The molecule has 0 N–H and O–H groups in total. The fourth-order valence-corrected chi connectivity index (χ4v) is 2.98. The molecule has 4 nitrogen and oxygen atoms in total. The first-order valence-corrected chi connectivity index (χ1v) is 6.50. The van der Waals surface area contributed by atoms with Gasteiger partial charge in [-0.15, -0.1) is 0 Å². The fourth-order valence-electron chi connectivity index (χ4n) is 2.98. The second-order valence-corrected chi connectivity index (χ2v) is 4.97. The minimum Gasteiger partial charge on any atom is -0.465 e. The molecule has 3 atom stereocenters. The van der Waals surface area contributed by atoms with E-state index in [1.165, 1.54) is 6.42 Å². The van der Waals surface area contributed by atoms with Gasteiger partial charge in [-0.3, -0.25) is 9.59 Å². The molecule has 2 aliphatic rings. The summed E-state index contributed by atoms with van der Waals surface area (Å²) in [5, 5.41) is 0. The summed E-state index contributed by atoms with van der Waals surface area (Å²) >= 11 is 0. The van der Waals surface area contributed by atoms with Crippen LogP contribution in [0.3, 0.4) is 0 Å². The molecule has 17 heavy (non-hydrogen) atoms. The van der Waals surface area contributed by atoms with Crippen molar-refractivity contribution in [3.8, 4) is 0 Å². The Balaban J connectivity index is 2.00. The van der Waals surface area contributed by atoms with Gasteiger partial charge >= 0.3 is 11.9 Å². The van der Waals surface area contributed by atoms with E-state index in [0.29, 0.717) is 13.2 Å². The highest BCUT2D eigenvalue weighted by atomic mass is 16.6. The lowest BCUT2D eigenvalue weighted by molar-refractivity contribution is -0.164. The number of hydrogen-bond acceptors (Lipinski definition) is 4. The van der Waals surface area contributed by atoms with E-state index in [4.69, 9.17) is 9.47 Å². The zero-order chi connectivity index (χ0) is 12.4. The van der Waals surface area contributed by atoms with Crippen LogP contribution in [0.15, 0.2) is 0 Å². The van der Waals surface area contributed by atoms with E-state index in [1.54, 1.807) is 13.8 Å². The molecule has 96 valence electrons. The standard InChI is InChI=1S/C13H20O4/c1-3-16-12(14)11(13(15)17-4-2)10-6-8-5-9(8)7-10/h8-11H,3-7H2,1-2H3/t8-,9+,10-. The summed E-state index contributed by atoms with van der Waals surface area (Å²) in [6.07, 6.45) is 3.23. The number of ether oxygens (including phenoxy) is 2. The van der Waals surface area contributed by atoms with Crippen molar-refractivity contribution in [3.05, 3.63) is 0 Å². The van der Waals surface area contributed by atoms with Gasteiger partial charge in [0.1, 0.15) is 0 Å². The van der Waals surface area contributed by atoms with Gasteiger partial charge in [0.15, 0.2) is 5.92 Å². The van der Waals surface area contributed by atoms with E-state index in [-0.39, 0.29) is 5.92 Å². The van der Waals surface area contributed by atoms with E-state index in [2.05, 4.69) is 0 Å². The third kappa shape index (κ3) is 2.61. The molecule has 0 amide bonds. The van der Waals surface area contributed by atoms with E-state index >= 15 is 0 Å². The van der Waals surface area contributed by atoms with Gasteiger partial charge in [0.2, 0.25) is 0 Å². The lowest BCUT2D eigenvalue weighted by atomic mass is 9.88. The van der Waals surface area contributed by atoms with Gasteiger partial charge in [0.25, 0.3) is 0 Å². The fraction of sp³-hybridized carbons (Fsp3) is 0.846. The molecular formula is C13H20O4. The summed E-state index contributed by atoms with van der Waals surface area (Å²) in [6, 6.07) is 0. The number of fused-ring (bicyclic) bond motifs is 1. The van der Waals surface area contributed by atoms with Crippen molar-refractivity contribution in [2.24, 2.45) is 23.7 Å². The summed E-state index contributed by atoms with van der Waals surface area (Å²) in [7, 11) is 0. The molecule has 0 saturated heterocycles. The van der Waals surface area contributed by atoms with Crippen molar-refractivity contribution in [2.45, 2.75) is 33.1 Å². The molecule has 0 heterocycles. The maximum Gasteiger partial charge on any atom is 0.320 e. The topological polar surface area (TPSA) is 52.6 Å². The third-order valence-corrected chi connectivity index (χ3v) is 3.83. The van der Waals surface area contributed by atoms with Crippen LogP contribution in [-0.4, -0.2) is 25.2 Å². The second kappa shape index (κ2) is 5.07. The monoisotopic (exact) mass is 240 g/mol. The quantitative estimate of drug-likeness (QED) is 0.543. The molecule has 0 aromatic rings. The van der Waals surface area contributed by atoms with Crippen LogP contribution in [0.25, 0.3) is 0 Å². The smallest absolute Gasteiger partial charge is 0.320 e. The van der Waals surface area contributed by atoms with E-state index in [9.17, 15) is 9.59 Å². The van der Waals surface area contributed by atoms with Gasteiger partial charge < -0.3 is 9.47 Å². The van der Waals surface area contributed by atoms with E-state index < -0.39 is 17.9 Å². The first-order chi connectivity index (χ1) is 8.17. The van der Waals surface area contributed by atoms with Gasteiger partial charge in [0.05, 0.1) is 13.2 Å². The molecule has 4 heteroatoms. The molecule has 0 unspecified atom stereocenters. The summed E-state index contributed by atoms with van der Waals surface area (Å²) in [5.74, 6) is 0.117. The van der Waals surface area contributed by atoms with Gasteiger partial charge in [-0.2, -0.15) is 0 Å². The van der Waals surface area contributed by atoms with Crippen LogP contribution in [0.2, 0.25) is 0 Å². The molecule has 0 aliphatic heterocycles. The van der Waals surface area contributed by atoms with Gasteiger partial charge in [-0.05, 0) is 50.9 Å².